The van der Waals surface area contributed by atoms with E-state index in [1.165, 1.54) is 27.2 Å². The maximum Gasteiger partial charge on any atom is 0.186 e. The highest BCUT2D eigenvalue weighted by atomic mass is 32.1. The van der Waals surface area contributed by atoms with Crippen molar-refractivity contribution in [1.82, 2.24) is 0 Å². The number of thiophene rings is 3. The van der Waals surface area contributed by atoms with Crippen molar-refractivity contribution in [2.75, 3.05) is 0 Å². The van der Waals surface area contributed by atoms with Gasteiger partial charge >= 0.3 is 0 Å². The van der Waals surface area contributed by atoms with E-state index in [0.717, 1.165) is 33.4 Å². The van der Waals surface area contributed by atoms with Crippen LogP contribution in [0.25, 0.3) is 11.1 Å². The molecular weight excluding hydrogens is 609 g/mol. The molecule has 0 aliphatic heterocycles. The molecule has 2 aliphatic rings. The Morgan fingerprint density at radius 1 is 0.356 bits per heavy atom. The van der Waals surface area contributed by atoms with Crippen LogP contribution in [0.3, 0.4) is 0 Å². The molecule has 5 heteroatoms. The minimum atomic E-state index is -0.227. The minimum Gasteiger partial charge on any atom is -0.289 e. The SMILES string of the molecule is CC(C)(C)C1=CC(=c2cc/c(=c3\cc/c(=c4\ccc(=C5C=C(C(C)(C)C)C(=O)C(C(C)(C)C)=C5)s4)s3)s2)C=C(C(C)(C)C)C1=O. The Balaban J connectivity index is 1.69. The summed E-state index contributed by atoms with van der Waals surface area (Å²) in [7, 11) is 0. The van der Waals surface area contributed by atoms with Gasteiger partial charge in [0.15, 0.2) is 11.6 Å². The van der Waals surface area contributed by atoms with Crippen LogP contribution in [0.15, 0.2) is 83.0 Å². The molecular formula is C40H46O2S3. The quantitative estimate of drug-likeness (QED) is 0.242. The van der Waals surface area contributed by atoms with Gasteiger partial charge in [-0.3, -0.25) is 9.59 Å². The topological polar surface area (TPSA) is 34.1 Å². The molecule has 5 rings (SSSR count). The lowest BCUT2D eigenvalue weighted by Crippen LogP contribution is -2.28. The summed E-state index contributed by atoms with van der Waals surface area (Å²) >= 11 is 5.38. The van der Waals surface area contributed by atoms with Crippen LogP contribution in [0.2, 0.25) is 0 Å². The summed E-state index contributed by atoms with van der Waals surface area (Å²) in [4.78, 5) is 26.9. The van der Waals surface area contributed by atoms with Crippen molar-refractivity contribution in [3.8, 4) is 0 Å². The predicted octanol–water partition coefficient (Wildman–Crippen LogP) is 9.80. The molecule has 2 aliphatic carbocycles. The number of rotatable bonds is 0. The van der Waals surface area contributed by atoms with E-state index in [0.29, 0.717) is 0 Å². The number of Topliss-reactive ketones (excluding diaryl/α,β-unsaturated/α-hetero) is 2. The summed E-state index contributed by atoms with van der Waals surface area (Å²) < 4.78 is 7.30. The lowest BCUT2D eigenvalue weighted by Gasteiger charge is -2.31. The second-order valence-corrected chi connectivity index (χ2v) is 19.5. The molecule has 0 unspecified atom stereocenters. The molecule has 0 saturated heterocycles. The van der Waals surface area contributed by atoms with Crippen LogP contribution in [0, 0.1) is 39.8 Å². The van der Waals surface area contributed by atoms with Gasteiger partial charge in [-0.25, -0.2) is 0 Å². The second kappa shape index (κ2) is 11.4. The minimum absolute atomic E-state index is 0.168. The number of carbonyl (C=O) groups is 2. The van der Waals surface area contributed by atoms with Crippen LogP contribution in [0.1, 0.15) is 83.1 Å². The van der Waals surface area contributed by atoms with Crippen LogP contribution in [0.4, 0.5) is 0 Å². The fourth-order valence-electron chi connectivity index (χ4n) is 5.62. The smallest absolute Gasteiger partial charge is 0.186 e. The Kier molecular flexibility index (Phi) is 8.51. The molecule has 0 atom stereocenters. The zero-order valence-corrected chi connectivity index (χ0v) is 31.3. The molecule has 3 aromatic heterocycles. The Morgan fingerprint density at radius 3 is 0.778 bits per heavy atom. The van der Waals surface area contributed by atoms with Crippen molar-refractivity contribution in [1.29, 1.82) is 0 Å². The lowest BCUT2D eigenvalue weighted by molar-refractivity contribution is -0.114. The van der Waals surface area contributed by atoms with Crippen LogP contribution in [0.5, 0.6) is 0 Å². The highest BCUT2D eigenvalue weighted by Crippen LogP contribution is 2.40. The third-order valence-electron chi connectivity index (χ3n) is 8.28. The van der Waals surface area contributed by atoms with Gasteiger partial charge in [-0.15, -0.1) is 34.0 Å². The molecule has 0 N–H and O–H groups in total. The molecule has 0 fully saturated rings. The summed E-state index contributed by atoms with van der Waals surface area (Å²) in [5, 5.41) is 0. The van der Waals surface area contributed by atoms with Gasteiger partial charge in [-0.1, -0.05) is 83.1 Å². The summed E-state index contributed by atoms with van der Waals surface area (Å²) in [6, 6.07) is 13.2. The van der Waals surface area contributed by atoms with Crippen LogP contribution in [-0.4, -0.2) is 11.6 Å². The van der Waals surface area contributed by atoms with E-state index in [1.807, 2.05) is 11.3 Å². The summed E-state index contributed by atoms with van der Waals surface area (Å²) in [6.45, 7) is 25.4. The average molecular weight is 655 g/mol. The second-order valence-electron chi connectivity index (χ2n) is 16.3. The zero-order valence-electron chi connectivity index (χ0n) is 28.8. The van der Waals surface area contributed by atoms with E-state index in [9.17, 15) is 9.59 Å². The first-order chi connectivity index (χ1) is 20.6. The molecule has 0 radical (unpaired) electrons. The molecule has 0 saturated carbocycles. The van der Waals surface area contributed by atoms with Crippen LogP contribution in [-0.2, 0) is 9.59 Å². The predicted molar refractivity (Wildman–Crippen MR) is 195 cm³/mol. The summed E-state index contributed by atoms with van der Waals surface area (Å²) in [6.07, 6.45) is 8.43. The van der Waals surface area contributed by atoms with E-state index in [-0.39, 0.29) is 33.2 Å². The highest BCUT2D eigenvalue weighted by Gasteiger charge is 2.35. The monoisotopic (exact) mass is 654 g/mol. The Morgan fingerprint density at radius 2 is 0.556 bits per heavy atom. The van der Waals surface area contributed by atoms with E-state index >= 15 is 0 Å². The number of hydrogen-bond acceptors (Lipinski definition) is 5. The van der Waals surface area contributed by atoms with E-state index in [4.69, 9.17) is 0 Å². The fourth-order valence-corrected chi connectivity index (χ4v) is 8.80. The first-order valence-electron chi connectivity index (χ1n) is 15.7. The normalized spacial score (nSPS) is 18.6. The van der Waals surface area contributed by atoms with E-state index in [1.54, 1.807) is 22.7 Å². The molecule has 45 heavy (non-hydrogen) atoms. The van der Waals surface area contributed by atoms with Gasteiger partial charge in [0.2, 0.25) is 0 Å². The summed E-state index contributed by atoms with van der Waals surface area (Å²) in [5.41, 5.74) is 4.83. The van der Waals surface area contributed by atoms with Crippen molar-refractivity contribution in [3.63, 3.8) is 0 Å². The molecule has 3 aromatic rings. The number of carbonyl (C=O) groups excluding carboxylic acids is 2. The molecule has 3 heterocycles. The average Bonchev–Trinajstić information content (AvgIpc) is 3.66. The van der Waals surface area contributed by atoms with Gasteiger partial charge in [0.1, 0.15) is 0 Å². The van der Waals surface area contributed by atoms with Gasteiger partial charge in [0, 0.05) is 49.5 Å². The summed E-state index contributed by atoms with van der Waals surface area (Å²) in [5.74, 6) is 0.337. The third kappa shape index (κ3) is 6.82. The lowest BCUT2D eigenvalue weighted by atomic mass is 9.72. The van der Waals surface area contributed by atoms with Crippen molar-refractivity contribution in [2.24, 2.45) is 21.7 Å². The van der Waals surface area contributed by atoms with Gasteiger partial charge in [-0.05, 0) is 93.5 Å². The fraction of sp³-hybridized carbons (Fsp3) is 0.400. The van der Waals surface area contributed by atoms with Gasteiger partial charge < -0.3 is 0 Å². The zero-order chi connectivity index (χ0) is 33.3. The van der Waals surface area contributed by atoms with E-state index < -0.39 is 0 Å². The van der Waals surface area contributed by atoms with Crippen molar-refractivity contribution in [3.05, 3.63) is 110 Å². The Labute approximate surface area is 279 Å². The number of allylic oxidation sites excluding steroid dienone is 8. The van der Waals surface area contributed by atoms with Crippen LogP contribution < -0.4 is 9.06 Å². The number of ketones is 2. The maximum atomic E-state index is 13.4. The molecule has 236 valence electrons. The van der Waals surface area contributed by atoms with E-state index in [2.05, 4.69) is 144 Å². The molecule has 2 nitrogen and oxygen atoms in total. The molecule has 0 bridgehead atoms. The van der Waals surface area contributed by atoms with Crippen LogP contribution >= 0.6 is 34.0 Å². The first kappa shape index (κ1) is 33.5. The first-order valence-corrected chi connectivity index (χ1v) is 18.1. The molecule has 0 spiro atoms. The standard InChI is InChI=1S/C40H46O2S3/c1-37(2,3)25-19-23(20-26(35(25)41)38(4,5)6)29-13-15-31(43-29)33-17-18-34(45-33)32-16-14-30(44-32)24-21-27(39(7,8)9)36(42)28(22-24)40(10,11)12/h13-22H,1-12H3/b33-31-,34-32-. The Bertz CT molecular complexity index is 1930. The molecule has 0 amide bonds. The van der Waals surface area contributed by atoms with Crippen molar-refractivity contribution in [2.45, 2.75) is 83.1 Å². The third-order valence-corrected chi connectivity index (χ3v) is 12.0. The van der Waals surface area contributed by atoms with Crippen molar-refractivity contribution >= 4 is 56.7 Å². The highest BCUT2D eigenvalue weighted by molar-refractivity contribution is 7.13. The van der Waals surface area contributed by atoms with Gasteiger partial charge in [-0.2, -0.15) is 0 Å². The van der Waals surface area contributed by atoms with Gasteiger partial charge in [0.25, 0.3) is 0 Å². The number of hydrogen-bond donors (Lipinski definition) is 0. The Hall–Kier alpha value is -2.86. The maximum absolute atomic E-state index is 13.4. The van der Waals surface area contributed by atoms with Crippen molar-refractivity contribution < 1.29 is 9.59 Å². The van der Waals surface area contributed by atoms with Gasteiger partial charge in [0.05, 0.1) is 0 Å². The largest absolute Gasteiger partial charge is 0.289 e. The molecule has 0 aromatic carbocycles.